The van der Waals surface area contributed by atoms with Crippen LogP contribution in [0.25, 0.3) is 0 Å². The Morgan fingerprint density at radius 2 is 1.97 bits per heavy atom. The molecule has 6 heterocycles. The molecule has 0 aromatic rings. The van der Waals surface area contributed by atoms with Crippen LogP contribution in [-0.4, -0.2) is 60.6 Å². The van der Waals surface area contributed by atoms with E-state index in [9.17, 15) is 9.59 Å². The first-order valence-corrected chi connectivity index (χ1v) is 11.4. The second-order valence-electron chi connectivity index (χ2n) is 9.87. The van der Waals surface area contributed by atoms with Gasteiger partial charge in [0, 0.05) is 24.3 Å². The molecule has 0 radical (unpaired) electrons. The Balaban J connectivity index is 1.37. The number of ether oxygens (including phenoxy) is 5. The summed E-state index contributed by atoms with van der Waals surface area (Å²) in [6, 6.07) is 0.358. The van der Waals surface area contributed by atoms with Gasteiger partial charge in [0.15, 0.2) is 5.76 Å². The molecule has 168 valence electrons. The van der Waals surface area contributed by atoms with Crippen molar-refractivity contribution in [2.24, 2.45) is 17.8 Å². The van der Waals surface area contributed by atoms with Gasteiger partial charge in [-0.25, -0.2) is 4.79 Å². The van der Waals surface area contributed by atoms with Gasteiger partial charge in [-0.3, -0.25) is 9.69 Å². The average molecular weight is 431 g/mol. The number of allylic oxidation sites excluding steroid dienone is 1. The number of methoxy groups -OCH3 is 1. The summed E-state index contributed by atoms with van der Waals surface area (Å²) in [5.74, 6) is 0.320. The van der Waals surface area contributed by atoms with Crippen LogP contribution in [0.2, 0.25) is 0 Å². The number of carbonyl (C=O) groups excluding carboxylic acids is 2. The molecule has 31 heavy (non-hydrogen) atoms. The Bertz CT molecular complexity index is 925. The fourth-order valence-corrected chi connectivity index (χ4v) is 6.95. The number of nitrogens with zero attached hydrogens (tertiary/aromatic N) is 1. The number of carbonyl (C=O) groups is 2. The zero-order valence-corrected chi connectivity index (χ0v) is 18.4. The lowest BCUT2D eigenvalue weighted by atomic mass is 9.78. The maximum absolute atomic E-state index is 12.2. The highest BCUT2D eigenvalue weighted by atomic mass is 16.7. The van der Waals surface area contributed by atoms with Gasteiger partial charge < -0.3 is 23.7 Å². The Labute approximate surface area is 181 Å². The highest BCUT2D eigenvalue weighted by Crippen LogP contribution is 2.60. The largest absolute Gasteiger partial charge is 0.492 e. The van der Waals surface area contributed by atoms with E-state index in [0.29, 0.717) is 22.9 Å². The summed E-state index contributed by atoms with van der Waals surface area (Å²) >= 11 is 0. The molecule has 3 bridgehead atoms. The molecule has 0 N–H and O–H groups in total. The van der Waals surface area contributed by atoms with Gasteiger partial charge >= 0.3 is 11.9 Å². The Morgan fingerprint density at radius 3 is 2.68 bits per heavy atom. The molecule has 5 saturated heterocycles. The molecule has 0 aromatic heterocycles. The second kappa shape index (κ2) is 6.48. The van der Waals surface area contributed by atoms with Crippen molar-refractivity contribution in [2.75, 3.05) is 13.7 Å². The van der Waals surface area contributed by atoms with Crippen molar-refractivity contribution in [2.45, 2.75) is 76.5 Å². The summed E-state index contributed by atoms with van der Waals surface area (Å²) in [5, 5.41) is 0. The van der Waals surface area contributed by atoms with E-state index in [1.54, 1.807) is 14.0 Å². The predicted octanol–water partition coefficient (Wildman–Crippen LogP) is 2.24. The summed E-state index contributed by atoms with van der Waals surface area (Å²) in [7, 11) is 1.54. The van der Waals surface area contributed by atoms with E-state index in [0.717, 1.165) is 32.2 Å². The molecule has 8 nitrogen and oxygen atoms in total. The number of fused-ring (bicyclic) bond motifs is 1. The summed E-state index contributed by atoms with van der Waals surface area (Å²) in [5.41, 5.74) is 0.457. The monoisotopic (exact) mass is 431 g/mol. The van der Waals surface area contributed by atoms with Crippen LogP contribution in [-0.2, 0) is 33.3 Å². The van der Waals surface area contributed by atoms with E-state index in [1.165, 1.54) is 0 Å². The summed E-state index contributed by atoms with van der Waals surface area (Å²) in [4.78, 5) is 26.8. The zero-order chi connectivity index (χ0) is 21.7. The summed E-state index contributed by atoms with van der Waals surface area (Å²) in [6.07, 6.45) is 3.21. The van der Waals surface area contributed by atoms with Gasteiger partial charge in [-0.1, -0.05) is 13.8 Å². The van der Waals surface area contributed by atoms with Crippen molar-refractivity contribution in [3.63, 3.8) is 0 Å². The molecule has 6 rings (SSSR count). The molecule has 5 fully saturated rings. The first-order valence-electron chi connectivity index (χ1n) is 11.4. The number of hydrogen-bond donors (Lipinski definition) is 0. The molecule has 0 aliphatic carbocycles. The van der Waals surface area contributed by atoms with Gasteiger partial charge in [0.1, 0.15) is 11.9 Å². The normalized spacial score (nSPS) is 48.6. The van der Waals surface area contributed by atoms with Gasteiger partial charge in [0.05, 0.1) is 30.7 Å². The van der Waals surface area contributed by atoms with E-state index in [4.69, 9.17) is 23.7 Å². The standard InChI is InChI=1S/C23H29NO7/c1-10-8-14(28-21(10)25)17-15-9-13-16-11(2)19(20-18(27-4)12(3)22(26)29-20)31-23(16,30-15)6-5-7-24(13)17/h10-11,13-17H,5-9H2,1-4H3. The molecule has 6 aliphatic rings. The molecule has 8 heteroatoms. The minimum atomic E-state index is -0.741. The molecule has 0 spiro atoms. The quantitative estimate of drug-likeness (QED) is 0.616. The van der Waals surface area contributed by atoms with E-state index in [1.807, 2.05) is 6.92 Å². The molecule has 0 saturated carbocycles. The van der Waals surface area contributed by atoms with Gasteiger partial charge in [-0.15, -0.1) is 0 Å². The molecule has 6 aliphatic heterocycles. The van der Waals surface area contributed by atoms with E-state index < -0.39 is 11.8 Å². The lowest BCUT2D eigenvalue weighted by Gasteiger charge is -2.41. The van der Waals surface area contributed by atoms with Crippen molar-refractivity contribution < 1.29 is 33.3 Å². The van der Waals surface area contributed by atoms with Crippen LogP contribution in [0.3, 0.4) is 0 Å². The Kier molecular flexibility index (Phi) is 4.10. The lowest BCUT2D eigenvalue weighted by Crippen LogP contribution is -2.51. The highest BCUT2D eigenvalue weighted by Gasteiger charge is 2.68. The minimum absolute atomic E-state index is 0.00852. The van der Waals surface area contributed by atoms with Crippen molar-refractivity contribution in [3.8, 4) is 0 Å². The van der Waals surface area contributed by atoms with Crippen LogP contribution < -0.4 is 0 Å². The summed E-state index contributed by atoms with van der Waals surface area (Å²) in [6.45, 7) is 6.72. The van der Waals surface area contributed by atoms with Gasteiger partial charge in [-0.05, 0) is 32.7 Å². The third kappa shape index (κ3) is 2.49. The molecule has 8 atom stereocenters. The highest BCUT2D eigenvalue weighted by molar-refractivity contribution is 5.93. The predicted molar refractivity (Wildman–Crippen MR) is 106 cm³/mol. The van der Waals surface area contributed by atoms with Crippen molar-refractivity contribution in [1.29, 1.82) is 0 Å². The molecule has 8 unspecified atom stereocenters. The van der Waals surface area contributed by atoms with Crippen molar-refractivity contribution >= 4 is 11.9 Å². The Hall–Kier alpha value is -2.06. The Morgan fingerprint density at radius 1 is 1.16 bits per heavy atom. The van der Waals surface area contributed by atoms with Gasteiger partial charge in [-0.2, -0.15) is 0 Å². The van der Waals surface area contributed by atoms with E-state index in [-0.39, 0.29) is 48.0 Å². The summed E-state index contributed by atoms with van der Waals surface area (Å²) < 4.78 is 30.2. The molecule has 0 amide bonds. The number of hydrogen-bond acceptors (Lipinski definition) is 8. The van der Waals surface area contributed by atoms with Crippen LogP contribution in [0.15, 0.2) is 22.9 Å². The third-order valence-electron chi connectivity index (χ3n) is 8.23. The molecular weight excluding hydrogens is 402 g/mol. The topological polar surface area (TPSA) is 83.5 Å². The smallest absolute Gasteiger partial charge is 0.343 e. The SMILES string of the molecule is COC1=C(C)C(=O)OC1=C1OC23CCCN4C(CC(O2)C4C2CC(C)C(=O)O2)C3C1C. The van der Waals surface area contributed by atoms with Crippen molar-refractivity contribution in [3.05, 3.63) is 22.9 Å². The second-order valence-corrected chi connectivity index (χ2v) is 9.87. The van der Waals surface area contributed by atoms with Crippen LogP contribution in [0.5, 0.6) is 0 Å². The zero-order valence-electron chi connectivity index (χ0n) is 18.4. The average Bonchev–Trinajstić information content (AvgIpc) is 3.37. The van der Waals surface area contributed by atoms with E-state index >= 15 is 0 Å². The van der Waals surface area contributed by atoms with E-state index in [2.05, 4.69) is 11.8 Å². The number of cyclic esters (lactones) is 2. The lowest BCUT2D eigenvalue weighted by molar-refractivity contribution is -0.266. The van der Waals surface area contributed by atoms with Crippen LogP contribution >= 0.6 is 0 Å². The van der Waals surface area contributed by atoms with Crippen molar-refractivity contribution in [1.82, 2.24) is 4.90 Å². The molecular formula is C23H29NO7. The van der Waals surface area contributed by atoms with Crippen LogP contribution in [0.4, 0.5) is 0 Å². The van der Waals surface area contributed by atoms with Crippen LogP contribution in [0.1, 0.15) is 46.5 Å². The van der Waals surface area contributed by atoms with Gasteiger partial charge in [0.25, 0.3) is 0 Å². The van der Waals surface area contributed by atoms with Crippen LogP contribution in [0, 0.1) is 17.8 Å². The first kappa shape index (κ1) is 19.6. The third-order valence-corrected chi connectivity index (χ3v) is 8.23. The minimum Gasteiger partial charge on any atom is -0.492 e. The molecule has 0 aromatic carbocycles. The maximum atomic E-state index is 12.2. The maximum Gasteiger partial charge on any atom is 0.343 e. The first-order chi connectivity index (χ1) is 14.8. The van der Waals surface area contributed by atoms with Gasteiger partial charge in [0.2, 0.25) is 11.5 Å². The number of rotatable bonds is 2. The number of esters is 2. The fourth-order valence-electron chi connectivity index (χ4n) is 6.95. The fraction of sp³-hybridized carbons (Fsp3) is 0.739.